The lowest BCUT2D eigenvalue weighted by molar-refractivity contribution is 0.0980. The average Bonchev–Trinajstić information content (AvgIpc) is 3.17. The Bertz CT molecular complexity index is 406. The Morgan fingerprint density at radius 1 is 1.00 bits per heavy atom. The molecule has 0 aliphatic heterocycles. The Morgan fingerprint density at radius 2 is 1.50 bits per heavy atom. The first-order valence-corrected chi connectivity index (χ1v) is 6.91. The number of aromatic nitrogens is 2. The molecule has 2 heterocycles. The van der Waals surface area contributed by atoms with Crippen molar-refractivity contribution in [2.24, 2.45) is 0 Å². The first kappa shape index (κ1) is 20.4. The zero-order chi connectivity index (χ0) is 16.0. The van der Waals surface area contributed by atoms with E-state index in [-0.39, 0.29) is 11.7 Å². The first-order valence-electron chi connectivity index (χ1n) is 6.91. The number of hydrogen-bond acceptors (Lipinski definition) is 5. The van der Waals surface area contributed by atoms with Crippen molar-refractivity contribution < 1.29 is 13.6 Å². The SMILES string of the molecule is CC.CC.CC(=O)c1ncco1.CC(C)c1ncco1. The summed E-state index contributed by atoms with van der Waals surface area (Å²) in [4.78, 5) is 17.9. The van der Waals surface area contributed by atoms with Crippen molar-refractivity contribution in [1.82, 2.24) is 9.97 Å². The number of Topliss-reactive ketones (excluding diaryl/α,β-unsaturated/α-hetero) is 1. The predicted octanol–water partition coefficient (Wildman–Crippen LogP) is 4.73. The van der Waals surface area contributed by atoms with Crippen molar-refractivity contribution >= 4 is 5.78 Å². The minimum Gasteiger partial charge on any atom is -0.449 e. The summed E-state index contributed by atoms with van der Waals surface area (Å²) in [5.41, 5.74) is 0. The lowest BCUT2D eigenvalue weighted by Crippen LogP contribution is -1.89. The highest BCUT2D eigenvalue weighted by molar-refractivity contribution is 5.89. The van der Waals surface area contributed by atoms with E-state index in [4.69, 9.17) is 4.42 Å². The lowest BCUT2D eigenvalue weighted by atomic mass is 10.2. The van der Waals surface area contributed by atoms with Gasteiger partial charge < -0.3 is 8.83 Å². The van der Waals surface area contributed by atoms with Crippen LogP contribution in [0.5, 0.6) is 0 Å². The highest BCUT2D eigenvalue weighted by atomic mass is 16.3. The predicted molar refractivity (Wildman–Crippen MR) is 79.8 cm³/mol. The third-order valence-electron chi connectivity index (χ3n) is 1.68. The van der Waals surface area contributed by atoms with Crippen molar-refractivity contribution in [2.45, 2.75) is 54.4 Å². The number of carbonyl (C=O) groups is 1. The molecular weight excluding hydrogens is 256 g/mol. The van der Waals surface area contributed by atoms with E-state index in [9.17, 15) is 4.79 Å². The zero-order valence-corrected chi connectivity index (χ0v) is 13.5. The molecule has 5 nitrogen and oxygen atoms in total. The van der Waals surface area contributed by atoms with Crippen LogP contribution in [0.15, 0.2) is 33.8 Å². The normalized spacial score (nSPS) is 8.40. The molecule has 0 amide bonds. The van der Waals surface area contributed by atoms with Crippen LogP contribution in [0.4, 0.5) is 0 Å². The number of ketones is 1. The summed E-state index contributed by atoms with van der Waals surface area (Å²) in [7, 11) is 0. The summed E-state index contributed by atoms with van der Waals surface area (Å²) in [6.07, 6.45) is 6.07. The van der Waals surface area contributed by atoms with Crippen molar-refractivity contribution in [1.29, 1.82) is 0 Å². The largest absolute Gasteiger partial charge is 0.449 e. The Hall–Kier alpha value is -1.91. The molecule has 20 heavy (non-hydrogen) atoms. The van der Waals surface area contributed by atoms with Gasteiger partial charge >= 0.3 is 0 Å². The molecule has 0 saturated heterocycles. The van der Waals surface area contributed by atoms with Gasteiger partial charge in [-0.2, -0.15) is 0 Å². The zero-order valence-electron chi connectivity index (χ0n) is 13.5. The van der Waals surface area contributed by atoms with E-state index in [2.05, 4.69) is 14.4 Å². The van der Waals surface area contributed by atoms with Crippen molar-refractivity contribution in [3.8, 4) is 0 Å². The fourth-order valence-electron chi connectivity index (χ4n) is 0.917. The van der Waals surface area contributed by atoms with Crippen LogP contribution in [0.2, 0.25) is 0 Å². The molecule has 0 atom stereocenters. The molecule has 2 rings (SSSR count). The van der Waals surface area contributed by atoms with Gasteiger partial charge in [0.1, 0.15) is 12.5 Å². The monoisotopic (exact) mass is 282 g/mol. The van der Waals surface area contributed by atoms with Gasteiger partial charge in [0, 0.05) is 12.8 Å². The minimum absolute atomic E-state index is 0.144. The summed E-state index contributed by atoms with van der Waals surface area (Å²) >= 11 is 0. The summed E-state index contributed by atoms with van der Waals surface area (Å²) < 4.78 is 9.62. The van der Waals surface area contributed by atoms with E-state index in [1.165, 1.54) is 19.4 Å². The molecule has 2 aromatic rings. The third-order valence-corrected chi connectivity index (χ3v) is 1.68. The highest BCUT2D eigenvalue weighted by Crippen LogP contribution is 2.09. The van der Waals surface area contributed by atoms with Gasteiger partial charge in [0.25, 0.3) is 5.89 Å². The van der Waals surface area contributed by atoms with E-state index in [0.717, 1.165) is 5.89 Å². The van der Waals surface area contributed by atoms with E-state index in [1.807, 2.05) is 41.5 Å². The van der Waals surface area contributed by atoms with Crippen LogP contribution in [0.1, 0.15) is 71.0 Å². The van der Waals surface area contributed by atoms with Gasteiger partial charge in [-0.05, 0) is 0 Å². The van der Waals surface area contributed by atoms with Crippen LogP contribution in [-0.4, -0.2) is 15.8 Å². The number of hydrogen-bond donors (Lipinski definition) is 0. The van der Waals surface area contributed by atoms with Gasteiger partial charge in [-0.15, -0.1) is 0 Å². The quantitative estimate of drug-likeness (QED) is 0.745. The topological polar surface area (TPSA) is 69.1 Å². The van der Waals surface area contributed by atoms with Gasteiger partial charge in [0.2, 0.25) is 5.78 Å². The maximum atomic E-state index is 10.4. The smallest absolute Gasteiger partial charge is 0.262 e. The maximum absolute atomic E-state index is 10.4. The van der Waals surface area contributed by atoms with E-state index in [1.54, 1.807) is 12.5 Å². The molecule has 0 spiro atoms. The lowest BCUT2D eigenvalue weighted by Gasteiger charge is -1.92. The van der Waals surface area contributed by atoms with Gasteiger partial charge in [-0.1, -0.05) is 41.5 Å². The summed E-state index contributed by atoms with van der Waals surface area (Å²) in [6, 6.07) is 0. The second kappa shape index (κ2) is 13.5. The van der Waals surface area contributed by atoms with Crippen LogP contribution in [0, 0.1) is 0 Å². The second-order valence-electron chi connectivity index (χ2n) is 3.42. The second-order valence-corrected chi connectivity index (χ2v) is 3.42. The van der Waals surface area contributed by atoms with Crippen LogP contribution >= 0.6 is 0 Å². The molecule has 0 aliphatic carbocycles. The molecule has 0 unspecified atom stereocenters. The molecular formula is C15H26N2O3. The number of nitrogens with zero attached hydrogens (tertiary/aromatic N) is 2. The number of carbonyl (C=O) groups excluding carboxylic acids is 1. The molecule has 0 aliphatic rings. The Kier molecular flexibility index (Phi) is 13.8. The Balaban J connectivity index is 0. The van der Waals surface area contributed by atoms with E-state index < -0.39 is 0 Å². The Morgan fingerprint density at radius 3 is 1.70 bits per heavy atom. The molecule has 0 N–H and O–H groups in total. The van der Waals surface area contributed by atoms with E-state index >= 15 is 0 Å². The fraction of sp³-hybridized carbons (Fsp3) is 0.533. The van der Waals surface area contributed by atoms with Crippen LogP contribution in [-0.2, 0) is 0 Å². The third kappa shape index (κ3) is 9.08. The first-order chi connectivity index (χ1) is 9.61. The van der Waals surface area contributed by atoms with Gasteiger partial charge in [-0.3, -0.25) is 4.79 Å². The molecule has 0 saturated carbocycles. The van der Waals surface area contributed by atoms with Gasteiger partial charge in [-0.25, -0.2) is 9.97 Å². The van der Waals surface area contributed by atoms with Gasteiger partial charge in [0.15, 0.2) is 5.89 Å². The summed E-state index contributed by atoms with van der Waals surface area (Å²) in [5.74, 6) is 1.25. The average molecular weight is 282 g/mol. The van der Waals surface area contributed by atoms with Gasteiger partial charge in [0.05, 0.1) is 12.4 Å². The number of oxazole rings is 2. The van der Waals surface area contributed by atoms with Crippen LogP contribution in [0.25, 0.3) is 0 Å². The van der Waals surface area contributed by atoms with Crippen molar-refractivity contribution in [2.75, 3.05) is 0 Å². The van der Waals surface area contributed by atoms with Crippen molar-refractivity contribution in [3.63, 3.8) is 0 Å². The summed E-state index contributed by atoms with van der Waals surface area (Å²) in [5, 5.41) is 0. The van der Waals surface area contributed by atoms with Crippen LogP contribution in [0.3, 0.4) is 0 Å². The van der Waals surface area contributed by atoms with Crippen molar-refractivity contribution in [3.05, 3.63) is 36.7 Å². The van der Waals surface area contributed by atoms with E-state index in [0.29, 0.717) is 5.92 Å². The van der Waals surface area contributed by atoms with Crippen LogP contribution < -0.4 is 0 Å². The molecule has 0 fully saturated rings. The standard InChI is InChI=1S/C6H9NO.C5H5NO2.2C2H6/c1-5(2)6-7-3-4-8-6;1-4(7)5-6-2-3-8-5;2*1-2/h3-5H,1-2H3;2-3H,1H3;2*1-2H3. The molecule has 114 valence electrons. The molecule has 5 heteroatoms. The molecule has 0 radical (unpaired) electrons. The summed E-state index contributed by atoms with van der Waals surface area (Å²) in [6.45, 7) is 13.5. The fourth-order valence-corrected chi connectivity index (χ4v) is 0.917. The maximum Gasteiger partial charge on any atom is 0.262 e. The Labute approximate surface area is 121 Å². The molecule has 0 bridgehead atoms. The minimum atomic E-state index is -0.144. The number of rotatable bonds is 2. The molecule has 2 aromatic heterocycles. The highest BCUT2D eigenvalue weighted by Gasteiger charge is 2.00. The molecule has 0 aromatic carbocycles.